The summed E-state index contributed by atoms with van der Waals surface area (Å²) in [7, 11) is 0. The number of aliphatic imine (C=N–C) groups is 1. The van der Waals surface area contributed by atoms with E-state index in [9.17, 15) is 9.50 Å². The molecule has 0 radical (unpaired) electrons. The van der Waals surface area contributed by atoms with Gasteiger partial charge >= 0.3 is 0 Å². The predicted octanol–water partition coefficient (Wildman–Crippen LogP) is 2.65. The molecule has 0 aromatic heterocycles. The summed E-state index contributed by atoms with van der Waals surface area (Å²) >= 11 is 0. The highest BCUT2D eigenvalue weighted by molar-refractivity contribution is 5.80. The van der Waals surface area contributed by atoms with Gasteiger partial charge in [0.05, 0.1) is 12.1 Å². The van der Waals surface area contributed by atoms with Crippen LogP contribution in [0.1, 0.15) is 45.4 Å². The second-order valence-corrected chi connectivity index (χ2v) is 7.54. The number of benzene rings is 1. The lowest BCUT2D eigenvalue weighted by Gasteiger charge is -2.35. The second kappa shape index (κ2) is 8.71. The van der Waals surface area contributed by atoms with Gasteiger partial charge in [0.2, 0.25) is 0 Å². The number of aliphatic hydroxyl groups is 1. The Bertz CT molecular complexity index is 616. The van der Waals surface area contributed by atoms with Gasteiger partial charge in [-0.25, -0.2) is 4.39 Å². The number of piperidine rings is 1. The van der Waals surface area contributed by atoms with Crippen molar-refractivity contribution in [1.82, 2.24) is 10.6 Å². The highest BCUT2D eigenvalue weighted by atomic mass is 19.1. The van der Waals surface area contributed by atoms with Crippen molar-refractivity contribution in [2.24, 2.45) is 4.99 Å². The van der Waals surface area contributed by atoms with Crippen molar-refractivity contribution in [3.8, 4) is 0 Å². The van der Waals surface area contributed by atoms with Gasteiger partial charge in [0, 0.05) is 31.4 Å². The van der Waals surface area contributed by atoms with E-state index in [1.165, 1.54) is 6.07 Å². The van der Waals surface area contributed by atoms with Crippen LogP contribution in [-0.4, -0.2) is 48.9 Å². The van der Waals surface area contributed by atoms with Crippen molar-refractivity contribution in [3.63, 3.8) is 0 Å². The number of guanidine groups is 1. The minimum absolute atomic E-state index is 0.197. The van der Waals surface area contributed by atoms with E-state index in [0.717, 1.165) is 69.8 Å². The summed E-state index contributed by atoms with van der Waals surface area (Å²) in [6.45, 7) is 5.03. The van der Waals surface area contributed by atoms with E-state index < -0.39 is 5.60 Å². The molecular formula is C20H31FN4O. The molecule has 3 N–H and O–H groups in total. The highest BCUT2D eigenvalue weighted by Gasteiger charge is 2.31. The van der Waals surface area contributed by atoms with Crippen LogP contribution in [-0.2, 0) is 0 Å². The third-order valence-electron chi connectivity index (χ3n) is 5.35. The Morgan fingerprint density at radius 2 is 2.15 bits per heavy atom. The van der Waals surface area contributed by atoms with Crippen LogP contribution in [0.25, 0.3) is 0 Å². The summed E-state index contributed by atoms with van der Waals surface area (Å²) in [6.07, 6.45) is 5.96. The zero-order valence-corrected chi connectivity index (χ0v) is 15.7. The van der Waals surface area contributed by atoms with Crippen LogP contribution in [0.2, 0.25) is 0 Å². The Labute approximate surface area is 155 Å². The quantitative estimate of drug-likeness (QED) is 0.557. The van der Waals surface area contributed by atoms with Crippen LogP contribution in [0.5, 0.6) is 0 Å². The Morgan fingerprint density at radius 3 is 2.88 bits per heavy atom. The smallest absolute Gasteiger partial charge is 0.191 e. The second-order valence-electron chi connectivity index (χ2n) is 7.54. The number of nitrogens with zero attached hydrogens (tertiary/aromatic N) is 2. The Balaban J connectivity index is 1.61. The minimum atomic E-state index is -0.636. The van der Waals surface area contributed by atoms with Crippen molar-refractivity contribution < 1.29 is 9.50 Å². The van der Waals surface area contributed by atoms with Crippen LogP contribution in [0.3, 0.4) is 0 Å². The lowest BCUT2D eigenvalue weighted by molar-refractivity contribution is 0.0574. The van der Waals surface area contributed by atoms with E-state index in [4.69, 9.17) is 0 Å². The maximum atomic E-state index is 13.5. The molecule has 5 nitrogen and oxygen atoms in total. The van der Waals surface area contributed by atoms with Crippen LogP contribution in [0.4, 0.5) is 10.1 Å². The molecule has 1 unspecified atom stereocenters. The summed E-state index contributed by atoms with van der Waals surface area (Å²) in [6, 6.07) is 7.04. The van der Waals surface area contributed by atoms with E-state index in [1.54, 1.807) is 12.1 Å². The number of nitrogens with one attached hydrogen (secondary N) is 2. The summed E-state index contributed by atoms with van der Waals surface area (Å²) in [5, 5.41) is 17.3. The number of halogens is 1. The summed E-state index contributed by atoms with van der Waals surface area (Å²) in [4.78, 5) is 6.86. The van der Waals surface area contributed by atoms with Crippen molar-refractivity contribution in [2.45, 2.75) is 57.1 Å². The van der Waals surface area contributed by atoms with Crippen LogP contribution >= 0.6 is 0 Å². The number of rotatable bonds is 5. The van der Waals surface area contributed by atoms with E-state index >= 15 is 0 Å². The normalized spacial score (nSPS) is 23.1. The summed E-state index contributed by atoms with van der Waals surface area (Å²) in [5.74, 6) is 0.566. The van der Waals surface area contributed by atoms with Crippen molar-refractivity contribution in [2.75, 3.05) is 31.1 Å². The van der Waals surface area contributed by atoms with E-state index in [1.807, 2.05) is 13.0 Å². The van der Waals surface area contributed by atoms with Crippen molar-refractivity contribution >= 4 is 11.6 Å². The molecule has 2 aliphatic rings. The molecule has 3 rings (SSSR count). The summed E-state index contributed by atoms with van der Waals surface area (Å²) < 4.78 is 13.5. The first-order valence-electron chi connectivity index (χ1n) is 9.86. The monoisotopic (exact) mass is 362 g/mol. The SMILES string of the molecule is CCNC(=NCC1(O)CCCC1)NC1CCCN(c2cccc(F)c2)C1. The molecule has 1 atom stereocenters. The van der Waals surface area contributed by atoms with Crippen LogP contribution in [0.15, 0.2) is 29.3 Å². The van der Waals surface area contributed by atoms with Gasteiger partial charge in [0.25, 0.3) is 0 Å². The molecule has 0 bridgehead atoms. The maximum absolute atomic E-state index is 13.5. The van der Waals surface area contributed by atoms with Crippen LogP contribution < -0.4 is 15.5 Å². The van der Waals surface area contributed by atoms with Crippen molar-refractivity contribution in [3.05, 3.63) is 30.1 Å². The van der Waals surface area contributed by atoms with Gasteiger partial charge in [-0.2, -0.15) is 0 Å². The molecule has 144 valence electrons. The summed E-state index contributed by atoms with van der Waals surface area (Å²) in [5.41, 5.74) is 0.293. The average molecular weight is 362 g/mol. The zero-order chi connectivity index (χ0) is 18.4. The number of hydrogen-bond donors (Lipinski definition) is 3. The van der Waals surface area contributed by atoms with Crippen LogP contribution in [0, 0.1) is 5.82 Å². The first kappa shape index (κ1) is 19.0. The van der Waals surface area contributed by atoms with E-state index in [2.05, 4.69) is 20.5 Å². The standard InChI is InChI=1S/C20H31FN4O/c1-2-22-19(23-15-20(26)10-3-4-11-20)24-17-8-6-12-25(14-17)18-9-5-7-16(21)13-18/h5,7,9,13,17,26H,2-4,6,8,10-12,14-15H2,1H3,(H2,22,23,24). The maximum Gasteiger partial charge on any atom is 0.191 e. The lowest BCUT2D eigenvalue weighted by atomic mass is 10.0. The fourth-order valence-electron chi connectivity index (χ4n) is 3.93. The Hall–Kier alpha value is -1.82. The molecule has 0 amide bonds. The predicted molar refractivity (Wildman–Crippen MR) is 104 cm³/mol. The first-order chi connectivity index (χ1) is 12.6. The molecule has 1 saturated heterocycles. The van der Waals surface area contributed by atoms with Crippen molar-refractivity contribution in [1.29, 1.82) is 0 Å². The molecule has 6 heteroatoms. The molecule has 1 aliphatic heterocycles. The van der Waals surface area contributed by atoms with Gasteiger partial charge < -0.3 is 20.6 Å². The number of hydrogen-bond acceptors (Lipinski definition) is 3. The molecule has 1 aliphatic carbocycles. The molecular weight excluding hydrogens is 331 g/mol. The fraction of sp³-hybridized carbons (Fsp3) is 0.650. The Kier molecular flexibility index (Phi) is 6.35. The van der Waals surface area contributed by atoms with Gasteiger partial charge in [0.15, 0.2) is 5.96 Å². The molecule has 1 aromatic carbocycles. The van der Waals surface area contributed by atoms with Gasteiger partial charge in [-0.1, -0.05) is 18.9 Å². The molecule has 1 saturated carbocycles. The largest absolute Gasteiger partial charge is 0.388 e. The van der Waals surface area contributed by atoms with Gasteiger partial charge in [-0.3, -0.25) is 4.99 Å². The van der Waals surface area contributed by atoms with Gasteiger partial charge in [-0.05, 0) is 50.8 Å². The number of anilines is 1. The first-order valence-corrected chi connectivity index (χ1v) is 9.86. The Morgan fingerprint density at radius 1 is 1.35 bits per heavy atom. The molecule has 1 aromatic rings. The van der Waals surface area contributed by atoms with E-state index in [-0.39, 0.29) is 11.9 Å². The average Bonchev–Trinajstić information content (AvgIpc) is 3.07. The zero-order valence-electron chi connectivity index (χ0n) is 15.7. The topological polar surface area (TPSA) is 59.9 Å². The fourth-order valence-corrected chi connectivity index (χ4v) is 3.93. The molecule has 1 heterocycles. The molecule has 26 heavy (non-hydrogen) atoms. The third kappa shape index (κ3) is 5.10. The molecule has 0 spiro atoms. The van der Waals surface area contributed by atoms with Gasteiger partial charge in [0.1, 0.15) is 5.82 Å². The lowest BCUT2D eigenvalue weighted by Crippen LogP contribution is -2.51. The van der Waals surface area contributed by atoms with Gasteiger partial charge in [-0.15, -0.1) is 0 Å². The third-order valence-corrected chi connectivity index (χ3v) is 5.35. The van der Waals surface area contributed by atoms with E-state index in [0.29, 0.717) is 6.54 Å². The minimum Gasteiger partial charge on any atom is -0.388 e. The molecule has 2 fully saturated rings. The highest BCUT2D eigenvalue weighted by Crippen LogP contribution is 2.29.